The summed E-state index contributed by atoms with van der Waals surface area (Å²) in [4.78, 5) is 28.3. The van der Waals surface area contributed by atoms with Gasteiger partial charge in [-0.25, -0.2) is 0 Å². The predicted octanol–water partition coefficient (Wildman–Crippen LogP) is 4.59. The number of likely N-dealkylation sites (tertiary alicyclic amines) is 1. The van der Waals surface area contributed by atoms with Crippen LogP contribution in [0.5, 0.6) is 11.5 Å². The third kappa shape index (κ3) is 5.17. The lowest BCUT2D eigenvalue weighted by Gasteiger charge is -2.37. The Bertz CT molecular complexity index is 1100. The van der Waals surface area contributed by atoms with Gasteiger partial charge in [-0.3, -0.25) is 9.59 Å². The average Bonchev–Trinajstić information content (AvgIpc) is 2.88. The van der Waals surface area contributed by atoms with Crippen LogP contribution in [0.1, 0.15) is 28.3 Å². The van der Waals surface area contributed by atoms with Crippen LogP contribution in [-0.4, -0.2) is 44.0 Å². The average molecular weight is 445 g/mol. The molecule has 0 aromatic heterocycles. The molecule has 0 spiro atoms. The van der Waals surface area contributed by atoms with Gasteiger partial charge in [-0.05, 0) is 36.2 Å². The van der Waals surface area contributed by atoms with Crippen molar-refractivity contribution in [3.8, 4) is 11.5 Å². The van der Waals surface area contributed by atoms with E-state index in [9.17, 15) is 9.59 Å². The first-order valence-electron chi connectivity index (χ1n) is 11.0. The molecule has 6 nitrogen and oxygen atoms in total. The molecule has 1 N–H and O–H groups in total. The Balaban J connectivity index is 1.56. The first kappa shape index (κ1) is 22.4. The smallest absolute Gasteiger partial charge is 0.253 e. The van der Waals surface area contributed by atoms with Crippen LogP contribution in [0.3, 0.4) is 0 Å². The summed E-state index contributed by atoms with van der Waals surface area (Å²) in [5.41, 5.74) is 2.39. The van der Waals surface area contributed by atoms with Crippen molar-refractivity contribution in [2.75, 3.05) is 32.6 Å². The van der Waals surface area contributed by atoms with E-state index in [1.807, 2.05) is 48.5 Å². The topological polar surface area (TPSA) is 67.9 Å². The molecule has 2 atom stereocenters. The Morgan fingerprint density at radius 3 is 2.18 bits per heavy atom. The molecule has 3 aromatic rings. The maximum atomic E-state index is 13.3. The van der Waals surface area contributed by atoms with Gasteiger partial charge in [-0.15, -0.1) is 0 Å². The summed E-state index contributed by atoms with van der Waals surface area (Å²) < 4.78 is 10.6. The van der Waals surface area contributed by atoms with E-state index in [0.29, 0.717) is 42.3 Å². The van der Waals surface area contributed by atoms with Crippen molar-refractivity contribution in [3.05, 3.63) is 90.0 Å². The minimum Gasteiger partial charge on any atom is -0.493 e. The first-order valence-corrected chi connectivity index (χ1v) is 11.0. The molecule has 0 aliphatic carbocycles. The summed E-state index contributed by atoms with van der Waals surface area (Å²) in [6.45, 7) is 0.952. The zero-order valence-corrected chi connectivity index (χ0v) is 18.9. The second-order valence-electron chi connectivity index (χ2n) is 8.18. The van der Waals surface area contributed by atoms with Crippen molar-refractivity contribution < 1.29 is 19.1 Å². The molecule has 1 aliphatic rings. The summed E-state index contributed by atoms with van der Waals surface area (Å²) in [5, 5.41) is 3.00. The summed E-state index contributed by atoms with van der Waals surface area (Å²) in [7, 11) is 3.13. The minimum absolute atomic E-state index is 0.0554. The van der Waals surface area contributed by atoms with Gasteiger partial charge in [0.15, 0.2) is 11.5 Å². The van der Waals surface area contributed by atoms with Crippen molar-refractivity contribution in [2.24, 2.45) is 5.92 Å². The van der Waals surface area contributed by atoms with Gasteiger partial charge in [0.2, 0.25) is 5.91 Å². The Labute approximate surface area is 194 Å². The molecule has 0 radical (unpaired) electrons. The van der Waals surface area contributed by atoms with E-state index in [0.717, 1.165) is 5.56 Å². The summed E-state index contributed by atoms with van der Waals surface area (Å²) in [5.74, 6) is 0.700. The normalized spacial score (nSPS) is 17.8. The molecule has 1 heterocycles. The molecule has 0 bridgehead atoms. The fourth-order valence-electron chi connectivity index (χ4n) is 4.34. The van der Waals surface area contributed by atoms with Crippen LogP contribution in [0.15, 0.2) is 78.9 Å². The Hall–Kier alpha value is -3.80. The van der Waals surface area contributed by atoms with E-state index in [1.54, 1.807) is 37.3 Å². The number of nitrogens with zero attached hydrogens (tertiary/aromatic N) is 1. The molecule has 170 valence electrons. The highest BCUT2D eigenvalue weighted by Crippen LogP contribution is 2.33. The molecule has 1 fully saturated rings. The van der Waals surface area contributed by atoms with Gasteiger partial charge in [0.05, 0.1) is 20.1 Å². The highest BCUT2D eigenvalue weighted by Gasteiger charge is 2.35. The Kier molecular flexibility index (Phi) is 6.93. The van der Waals surface area contributed by atoms with Crippen molar-refractivity contribution in [1.29, 1.82) is 0 Å². The Morgan fingerprint density at radius 2 is 1.52 bits per heavy atom. The number of carbonyl (C=O) groups excluding carboxylic acids is 2. The number of amides is 2. The second kappa shape index (κ2) is 10.2. The molecular formula is C27H28N2O4. The number of carbonyl (C=O) groups is 2. The molecule has 1 aliphatic heterocycles. The molecule has 1 saturated heterocycles. The molecule has 2 amide bonds. The van der Waals surface area contributed by atoms with Gasteiger partial charge in [0.25, 0.3) is 5.91 Å². The molecule has 4 rings (SSSR count). The quantitative estimate of drug-likeness (QED) is 0.604. The van der Waals surface area contributed by atoms with Crippen LogP contribution in [-0.2, 0) is 4.79 Å². The fraction of sp³-hybridized carbons (Fsp3) is 0.259. The SMILES string of the molecule is COc1ccc(NC(=O)C2CC(c3ccccc3)CN(C(=O)c3ccccc3)C2)cc1OC. The van der Waals surface area contributed by atoms with E-state index >= 15 is 0 Å². The zero-order valence-electron chi connectivity index (χ0n) is 18.9. The van der Waals surface area contributed by atoms with Crippen LogP contribution >= 0.6 is 0 Å². The number of benzene rings is 3. The van der Waals surface area contributed by atoms with Gasteiger partial charge in [-0.1, -0.05) is 48.5 Å². The van der Waals surface area contributed by atoms with Crippen LogP contribution in [0.2, 0.25) is 0 Å². The zero-order chi connectivity index (χ0) is 23.2. The number of hydrogen-bond donors (Lipinski definition) is 1. The fourth-order valence-corrected chi connectivity index (χ4v) is 4.34. The number of rotatable bonds is 6. The second-order valence-corrected chi connectivity index (χ2v) is 8.18. The summed E-state index contributed by atoms with van der Waals surface area (Å²) in [6, 6.07) is 24.6. The highest BCUT2D eigenvalue weighted by atomic mass is 16.5. The van der Waals surface area contributed by atoms with Crippen molar-refractivity contribution in [2.45, 2.75) is 12.3 Å². The number of anilines is 1. The van der Waals surface area contributed by atoms with Crippen molar-refractivity contribution in [3.63, 3.8) is 0 Å². The third-order valence-electron chi connectivity index (χ3n) is 6.05. The lowest BCUT2D eigenvalue weighted by atomic mass is 9.83. The predicted molar refractivity (Wildman–Crippen MR) is 128 cm³/mol. The number of nitrogens with one attached hydrogen (secondary N) is 1. The van der Waals surface area contributed by atoms with E-state index in [4.69, 9.17) is 9.47 Å². The van der Waals surface area contributed by atoms with Gasteiger partial charge in [0, 0.05) is 36.3 Å². The van der Waals surface area contributed by atoms with Crippen LogP contribution in [0.4, 0.5) is 5.69 Å². The number of hydrogen-bond acceptors (Lipinski definition) is 4. The highest BCUT2D eigenvalue weighted by molar-refractivity contribution is 5.96. The number of ether oxygens (including phenoxy) is 2. The molecular weight excluding hydrogens is 416 g/mol. The van der Waals surface area contributed by atoms with E-state index in [-0.39, 0.29) is 23.7 Å². The summed E-state index contributed by atoms with van der Waals surface area (Å²) >= 11 is 0. The Morgan fingerprint density at radius 1 is 0.848 bits per heavy atom. The van der Waals surface area contributed by atoms with Gasteiger partial charge in [-0.2, -0.15) is 0 Å². The van der Waals surface area contributed by atoms with Crippen molar-refractivity contribution in [1.82, 2.24) is 4.90 Å². The first-order chi connectivity index (χ1) is 16.1. The van der Waals surface area contributed by atoms with Crippen LogP contribution in [0, 0.1) is 5.92 Å². The maximum Gasteiger partial charge on any atom is 0.253 e. The third-order valence-corrected chi connectivity index (χ3v) is 6.05. The van der Waals surface area contributed by atoms with Crippen LogP contribution < -0.4 is 14.8 Å². The monoisotopic (exact) mass is 444 g/mol. The standard InChI is InChI=1S/C27H28N2O4/c1-32-24-14-13-23(16-25(24)33-2)28-26(30)22-15-21(19-9-5-3-6-10-19)17-29(18-22)27(31)20-11-7-4-8-12-20/h3-14,16,21-22H,15,17-18H2,1-2H3,(H,28,30). The number of methoxy groups -OCH3 is 2. The van der Waals surface area contributed by atoms with Gasteiger partial charge in [0.1, 0.15) is 0 Å². The molecule has 33 heavy (non-hydrogen) atoms. The van der Waals surface area contributed by atoms with Crippen molar-refractivity contribution >= 4 is 17.5 Å². The largest absolute Gasteiger partial charge is 0.493 e. The minimum atomic E-state index is -0.343. The van der Waals surface area contributed by atoms with E-state index in [2.05, 4.69) is 17.4 Å². The maximum absolute atomic E-state index is 13.3. The molecule has 2 unspecified atom stereocenters. The molecule has 6 heteroatoms. The van der Waals surface area contributed by atoms with Crippen LogP contribution in [0.25, 0.3) is 0 Å². The lowest BCUT2D eigenvalue weighted by molar-refractivity contribution is -0.121. The van der Waals surface area contributed by atoms with E-state index < -0.39 is 0 Å². The lowest BCUT2D eigenvalue weighted by Crippen LogP contribution is -2.46. The molecule has 0 saturated carbocycles. The molecule has 3 aromatic carbocycles. The van der Waals surface area contributed by atoms with Gasteiger partial charge >= 0.3 is 0 Å². The number of piperidine rings is 1. The van der Waals surface area contributed by atoms with E-state index in [1.165, 1.54) is 0 Å². The summed E-state index contributed by atoms with van der Waals surface area (Å²) in [6.07, 6.45) is 0.668. The van der Waals surface area contributed by atoms with Gasteiger partial charge < -0.3 is 19.7 Å².